The molecule has 1 amide bonds. The summed E-state index contributed by atoms with van der Waals surface area (Å²) in [5, 5.41) is 26.4. The first-order chi connectivity index (χ1) is 18.9. The number of fused-ring (bicyclic) bond motifs is 1. The molecular formula is C24H23ClFN7O4. The van der Waals surface area contributed by atoms with E-state index in [2.05, 4.69) is 25.3 Å². The molecule has 1 saturated heterocycles. The van der Waals surface area contributed by atoms with E-state index in [1.54, 1.807) is 23.5 Å². The van der Waals surface area contributed by atoms with Crippen molar-refractivity contribution in [2.75, 3.05) is 12.3 Å². The first-order valence-electron chi connectivity index (χ1n) is 12.6. The number of carbonyl (C=O) groups is 1. The van der Waals surface area contributed by atoms with Gasteiger partial charge in [0, 0.05) is 41.2 Å². The Morgan fingerprint density at radius 2 is 2.11 bits per heavy atom. The largest absolute Gasteiger partial charge is 0.387 e. The summed E-state index contributed by atoms with van der Waals surface area (Å²) in [6.45, 7) is -0.932. The SMILES string of the molecule is [2H]C([2H])([2H])NC(=O)[C@H]1O[C@@H](n2cnc3c(NCc4cc(C)ccc4F)nc(-c4cncc(Cl)c4)nc32)[C@H](O)[C@@H]1O. The highest BCUT2D eigenvalue weighted by Crippen LogP contribution is 2.34. The van der Waals surface area contributed by atoms with Gasteiger partial charge in [0.1, 0.15) is 18.0 Å². The average molecular weight is 531 g/mol. The molecule has 11 nitrogen and oxygen atoms in total. The van der Waals surface area contributed by atoms with Crippen LogP contribution in [0.15, 0.2) is 43.0 Å². The molecule has 5 rings (SSSR count). The molecule has 192 valence electrons. The number of benzene rings is 1. The van der Waals surface area contributed by atoms with Crippen molar-refractivity contribution in [1.29, 1.82) is 0 Å². The molecule has 0 aliphatic carbocycles. The maximum absolute atomic E-state index is 14.4. The molecule has 4 N–H and O–H groups in total. The predicted octanol–water partition coefficient (Wildman–Crippen LogP) is 1.97. The van der Waals surface area contributed by atoms with Crippen LogP contribution < -0.4 is 10.6 Å². The molecule has 3 aromatic heterocycles. The molecule has 1 aromatic carbocycles. The van der Waals surface area contributed by atoms with Gasteiger partial charge in [0.25, 0.3) is 5.91 Å². The van der Waals surface area contributed by atoms with E-state index in [9.17, 15) is 19.4 Å². The second-order valence-corrected chi connectivity index (χ2v) is 8.91. The number of carbonyl (C=O) groups excluding carboxylic acids is 1. The molecule has 0 saturated carbocycles. The number of pyridine rings is 1. The number of amides is 1. The van der Waals surface area contributed by atoms with Gasteiger partial charge in [0.15, 0.2) is 35.1 Å². The normalized spacial score (nSPS) is 22.9. The number of hydrogen-bond donors (Lipinski definition) is 4. The third-order valence-electron chi connectivity index (χ3n) is 5.93. The van der Waals surface area contributed by atoms with Crippen LogP contribution in [0.4, 0.5) is 10.2 Å². The summed E-state index contributed by atoms with van der Waals surface area (Å²) in [6.07, 6.45) is -2.26. The van der Waals surface area contributed by atoms with E-state index in [1.807, 2.05) is 6.92 Å². The van der Waals surface area contributed by atoms with Crippen molar-refractivity contribution in [2.45, 2.75) is 38.0 Å². The Kier molecular flexibility index (Phi) is 5.77. The van der Waals surface area contributed by atoms with E-state index in [1.165, 1.54) is 29.4 Å². The zero-order valence-corrected chi connectivity index (χ0v) is 20.0. The van der Waals surface area contributed by atoms with Gasteiger partial charge in [0.05, 0.1) is 11.3 Å². The van der Waals surface area contributed by atoms with Gasteiger partial charge < -0.3 is 25.6 Å². The summed E-state index contributed by atoms with van der Waals surface area (Å²) >= 11 is 6.11. The van der Waals surface area contributed by atoms with Crippen LogP contribution in [-0.2, 0) is 16.1 Å². The van der Waals surface area contributed by atoms with E-state index >= 15 is 0 Å². The number of likely N-dealkylation sites (N-methyl/N-ethyl adjacent to an activating group) is 1. The molecule has 0 spiro atoms. The Morgan fingerprint density at radius 3 is 2.89 bits per heavy atom. The Bertz CT molecular complexity index is 1590. The van der Waals surface area contributed by atoms with Crippen molar-refractivity contribution in [3.8, 4) is 11.4 Å². The van der Waals surface area contributed by atoms with Crippen LogP contribution in [0.1, 0.15) is 21.5 Å². The van der Waals surface area contributed by atoms with Gasteiger partial charge in [-0.05, 0) is 19.1 Å². The highest BCUT2D eigenvalue weighted by molar-refractivity contribution is 6.30. The summed E-state index contributed by atoms with van der Waals surface area (Å²) in [5.41, 5.74) is 2.04. The quantitative estimate of drug-likeness (QED) is 0.293. The second kappa shape index (κ2) is 9.98. The van der Waals surface area contributed by atoms with Crippen molar-refractivity contribution >= 4 is 34.5 Å². The number of halogens is 2. The van der Waals surface area contributed by atoms with Crippen LogP contribution in [0.25, 0.3) is 22.6 Å². The molecule has 37 heavy (non-hydrogen) atoms. The van der Waals surface area contributed by atoms with Gasteiger partial charge in [0.2, 0.25) is 0 Å². The first kappa shape index (κ1) is 21.4. The maximum Gasteiger partial charge on any atom is 0.251 e. The highest BCUT2D eigenvalue weighted by Gasteiger charge is 2.47. The lowest BCUT2D eigenvalue weighted by Gasteiger charge is -2.17. The maximum atomic E-state index is 14.4. The molecule has 1 aliphatic heterocycles. The third-order valence-corrected chi connectivity index (χ3v) is 6.13. The van der Waals surface area contributed by atoms with Crippen molar-refractivity contribution in [3.63, 3.8) is 0 Å². The Balaban J connectivity index is 1.55. The molecule has 13 heteroatoms. The number of nitrogens with zero attached hydrogens (tertiary/aromatic N) is 5. The van der Waals surface area contributed by atoms with Crippen LogP contribution in [-0.4, -0.2) is 65.9 Å². The van der Waals surface area contributed by atoms with Gasteiger partial charge in [-0.25, -0.2) is 19.3 Å². The number of rotatable bonds is 6. The summed E-state index contributed by atoms with van der Waals surface area (Å²) < 4.78 is 43.0. The number of aliphatic hydroxyl groups excluding tert-OH is 2. The van der Waals surface area contributed by atoms with E-state index in [4.69, 9.17) is 20.5 Å². The predicted molar refractivity (Wildman–Crippen MR) is 132 cm³/mol. The molecule has 4 heterocycles. The van der Waals surface area contributed by atoms with Crippen LogP contribution in [0.3, 0.4) is 0 Å². The number of aromatic nitrogens is 5. The first-order valence-corrected chi connectivity index (χ1v) is 11.5. The minimum Gasteiger partial charge on any atom is -0.387 e. The lowest BCUT2D eigenvalue weighted by Crippen LogP contribution is -2.41. The number of anilines is 1. The number of ether oxygens (including phenoxy) is 1. The third kappa shape index (κ3) is 4.71. The van der Waals surface area contributed by atoms with Crippen molar-refractivity contribution in [3.05, 3.63) is 65.0 Å². The van der Waals surface area contributed by atoms with E-state index in [0.717, 1.165) is 5.56 Å². The highest BCUT2D eigenvalue weighted by atomic mass is 35.5. The van der Waals surface area contributed by atoms with E-state index in [0.29, 0.717) is 16.1 Å². The number of aryl methyl sites for hydroxylation is 1. The fraction of sp³-hybridized carbons (Fsp3) is 0.292. The van der Waals surface area contributed by atoms with Crippen LogP contribution in [0, 0.1) is 12.7 Å². The Morgan fingerprint density at radius 1 is 1.27 bits per heavy atom. The van der Waals surface area contributed by atoms with Crippen LogP contribution >= 0.6 is 11.6 Å². The number of aliphatic hydroxyl groups is 2. The average Bonchev–Trinajstić information content (AvgIpc) is 3.44. The Labute approximate surface area is 219 Å². The zero-order valence-electron chi connectivity index (χ0n) is 22.3. The number of imidazole rings is 1. The van der Waals surface area contributed by atoms with Crippen molar-refractivity contribution in [2.24, 2.45) is 0 Å². The van der Waals surface area contributed by atoms with Gasteiger partial charge in [-0.2, -0.15) is 0 Å². The molecule has 0 bridgehead atoms. The molecule has 1 aliphatic rings. The summed E-state index contributed by atoms with van der Waals surface area (Å²) in [7, 11) is 0. The molecule has 4 atom stereocenters. The topological polar surface area (TPSA) is 147 Å². The van der Waals surface area contributed by atoms with Gasteiger partial charge in [-0.15, -0.1) is 0 Å². The summed E-state index contributed by atoms with van der Waals surface area (Å²) in [5.74, 6) is -1.17. The number of nitrogens with one attached hydrogen (secondary N) is 2. The molecule has 1 fully saturated rings. The van der Waals surface area contributed by atoms with Gasteiger partial charge in [-0.3, -0.25) is 14.3 Å². The smallest absolute Gasteiger partial charge is 0.251 e. The summed E-state index contributed by atoms with van der Waals surface area (Å²) in [6, 6.07) is 6.29. The summed E-state index contributed by atoms with van der Waals surface area (Å²) in [4.78, 5) is 29.9. The zero-order chi connectivity index (χ0) is 28.8. The fourth-order valence-corrected chi connectivity index (χ4v) is 4.26. The molecule has 0 unspecified atom stereocenters. The van der Waals surface area contributed by atoms with Gasteiger partial charge in [-0.1, -0.05) is 29.3 Å². The lowest BCUT2D eigenvalue weighted by molar-refractivity contribution is -0.137. The van der Waals surface area contributed by atoms with Crippen LogP contribution in [0.5, 0.6) is 0 Å². The number of hydrogen-bond acceptors (Lipinski definition) is 9. The lowest BCUT2D eigenvalue weighted by atomic mass is 10.1. The molecular weight excluding hydrogens is 505 g/mol. The monoisotopic (exact) mass is 530 g/mol. The van der Waals surface area contributed by atoms with Crippen molar-refractivity contribution < 1.29 is 28.2 Å². The Hall–Kier alpha value is -3.71. The molecule has 0 radical (unpaired) electrons. The second-order valence-electron chi connectivity index (χ2n) is 8.48. The molecule has 4 aromatic rings. The minimum absolute atomic E-state index is 0.0539. The van der Waals surface area contributed by atoms with Crippen LogP contribution in [0.2, 0.25) is 5.02 Å². The standard InChI is InChI=1S/C24H23ClFN7O4/c1-11-3-4-15(26)12(5-11)8-29-21-16-22(32-20(31-21)13-6-14(25)9-28-7-13)33(10-30-16)24-18(35)17(34)19(37-24)23(36)27-2/h3-7,9-10,17-19,24,34-35H,8H2,1-2H3,(H,27,36)(H,29,31,32)/t17-,18+,19-,24+/m0/s1/i2D3. The van der Waals surface area contributed by atoms with Gasteiger partial charge >= 0.3 is 0 Å². The van der Waals surface area contributed by atoms with Crippen molar-refractivity contribution in [1.82, 2.24) is 29.8 Å². The van der Waals surface area contributed by atoms with E-state index in [-0.39, 0.29) is 29.4 Å². The van der Waals surface area contributed by atoms with E-state index < -0.39 is 43.2 Å². The minimum atomic E-state index is -2.82. The fourth-order valence-electron chi connectivity index (χ4n) is 4.08.